The monoisotopic (exact) mass is 198 g/mol. The van der Waals surface area contributed by atoms with Crippen LogP contribution in [-0.2, 0) is 4.79 Å². The molecular weight excluding hydrogens is 176 g/mol. The third kappa shape index (κ3) is 3.00. The Hall–Kier alpha value is -0.530. The first kappa shape index (κ1) is 11.5. The molecule has 1 fully saturated rings. The summed E-state index contributed by atoms with van der Waals surface area (Å²) in [6.45, 7) is 6.93. The number of rotatable bonds is 3. The molecule has 14 heavy (non-hydrogen) atoms. The molecule has 1 rings (SSSR count). The summed E-state index contributed by atoms with van der Waals surface area (Å²) in [5, 5.41) is 8.63. The first-order chi connectivity index (χ1) is 6.42. The zero-order valence-corrected chi connectivity index (χ0v) is 9.55. The standard InChI is InChI=1S/C12H22O2/c1-9-4-5-10(6-7-11(13)14)8-12(9,2)3/h9-10H,4-8H2,1-3H3,(H,13,14)/t9-,10-/m0/s1. The molecular formula is C12H22O2. The summed E-state index contributed by atoms with van der Waals surface area (Å²) < 4.78 is 0. The molecule has 0 spiro atoms. The average molecular weight is 198 g/mol. The lowest BCUT2D eigenvalue weighted by Gasteiger charge is -2.40. The highest BCUT2D eigenvalue weighted by atomic mass is 16.4. The molecule has 1 aliphatic carbocycles. The van der Waals surface area contributed by atoms with Crippen molar-refractivity contribution in [2.24, 2.45) is 17.3 Å². The topological polar surface area (TPSA) is 37.3 Å². The lowest BCUT2D eigenvalue weighted by molar-refractivity contribution is -0.137. The van der Waals surface area contributed by atoms with Gasteiger partial charge in [-0.3, -0.25) is 4.79 Å². The van der Waals surface area contributed by atoms with E-state index in [1.165, 1.54) is 19.3 Å². The molecule has 0 aromatic heterocycles. The summed E-state index contributed by atoms with van der Waals surface area (Å²) in [4.78, 5) is 10.5. The van der Waals surface area contributed by atoms with Crippen LogP contribution in [-0.4, -0.2) is 11.1 Å². The minimum absolute atomic E-state index is 0.342. The van der Waals surface area contributed by atoms with E-state index in [-0.39, 0.29) is 0 Å². The molecule has 0 amide bonds. The van der Waals surface area contributed by atoms with Gasteiger partial charge in [-0.1, -0.05) is 27.2 Å². The quantitative estimate of drug-likeness (QED) is 0.755. The maximum Gasteiger partial charge on any atom is 0.303 e. The fraction of sp³-hybridized carbons (Fsp3) is 0.917. The number of carbonyl (C=O) groups is 1. The van der Waals surface area contributed by atoms with Crippen LogP contribution in [0.1, 0.15) is 52.9 Å². The maximum absolute atomic E-state index is 10.5. The highest BCUT2D eigenvalue weighted by Crippen LogP contribution is 2.44. The van der Waals surface area contributed by atoms with Gasteiger partial charge in [-0.05, 0) is 36.5 Å². The Morgan fingerprint density at radius 3 is 2.57 bits per heavy atom. The number of aliphatic carboxylic acids is 1. The molecule has 1 N–H and O–H groups in total. The Morgan fingerprint density at radius 2 is 2.07 bits per heavy atom. The number of hydrogen-bond donors (Lipinski definition) is 1. The molecule has 1 aliphatic rings. The molecule has 2 nitrogen and oxygen atoms in total. The van der Waals surface area contributed by atoms with Crippen molar-refractivity contribution < 1.29 is 9.90 Å². The minimum atomic E-state index is -0.651. The molecule has 82 valence electrons. The summed E-state index contributed by atoms with van der Waals surface area (Å²) in [6, 6.07) is 0. The fourth-order valence-electron chi connectivity index (χ4n) is 2.50. The van der Waals surface area contributed by atoms with Gasteiger partial charge in [0.15, 0.2) is 0 Å². The van der Waals surface area contributed by atoms with Crippen molar-refractivity contribution in [3.05, 3.63) is 0 Å². The Balaban J connectivity index is 2.39. The normalized spacial score (nSPS) is 31.4. The molecule has 0 radical (unpaired) electrons. The van der Waals surface area contributed by atoms with E-state index in [0.717, 1.165) is 12.3 Å². The van der Waals surface area contributed by atoms with E-state index in [1.54, 1.807) is 0 Å². The van der Waals surface area contributed by atoms with Crippen LogP contribution in [0, 0.1) is 17.3 Å². The molecule has 0 unspecified atom stereocenters. The van der Waals surface area contributed by atoms with Gasteiger partial charge in [0.25, 0.3) is 0 Å². The van der Waals surface area contributed by atoms with Crippen LogP contribution in [0.4, 0.5) is 0 Å². The van der Waals surface area contributed by atoms with Crippen LogP contribution < -0.4 is 0 Å². The first-order valence-electron chi connectivity index (χ1n) is 5.63. The van der Waals surface area contributed by atoms with E-state index in [4.69, 9.17) is 5.11 Å². The van der Waals surface area contributed by atoms with E-state index in [9.17, 15) is 4.79 Å². The third-order valence-corrected chi connectivity index (χ3v) is 3.92. The number of hydrogen-bond acceptors (Lipinski definition) is 1. The molecule has 0 aliphatic heterocycles. The van der Waals surface area contributed by atoms with Crippen molar-refractivity contribution in [3.8, 4) is 0 Å². The molecule has 0 saturated heterocycles. The van der Waals surface area contributed by atoms with E-state index in [2.05, 4.69) is 20.8 Å². The van der Waals surface area contributed by atoms with Gasteiger partial charge in [0.1, 0.15) is 0 Å². The van der Waals surface area contributed by atoms with Gasteiger partial charge in [0, 0.05) is 6.42 Å². The molecule has 0 heterocycles. The molecule has 1 saturated carbocycles. The van der Waals surface area contributed by atoms with Gasteiger partial charge in [-0.2, -0.15) is 0 Å². The molecule has 0 aromatic carbocycles. The van der Waals surface area contributed by atoms with Gasteiger partial charge in [0.2, 0.25) is 0 Å². The highest BCUT2D eigenvalue weighted by molar-refractivity contribution is 5.66. The van der Waals surface area contributed by atoms with Crippen molar-refractivity contribution in [2.75, 3.05) is 0 Å². The Labute approximate surface area is 86.7 Å². The van der Waals surface area contributed by atoms with Crippen LogP contribution >= 0.6 is 0 Å². The Bertz CT molecular complexity index is 208. The third-order valence-electron chi connectivity index (χ3n) is 3.92. The van der Waals surface area contributed by atoms with Crippen LogP contribution in [0.2, 0.25) is 0 Å². The second-order valence-corrected chi connectivity index (χ2v) is 5.47. The van der Waals surface area contributed by atoms with Crippen LogP contribution in [0.3, 0.4) is 0 Å². The van der Waals surface area contributed by atoms with Gasteiger partial charge < -0.3 is 5.11 Å². The summed E-state index contributed by atoms with van der Waals surface area (Å²) >= 11 is 0. The second kappa shape index (κ2) is 4.33. The van der Waals surface area contributed by atoms with Gasteiger partial charge in [-0.15, -0.1) is 0 Å². The lowest BCUT2D eigenvalue weighted by atomic mass is 9.65. The van der Waals surface area contributed by atoms with E-state index < -0.39 is 5.97 Å². The van der Waals surface area contributed by atoms with Crippen molar-refractivity contribution in [1.82, 2.24) is 0 Å². The van der Waals surface area contributed by atoms with Crippen molar-refractivity contribution in [1.29, 1.82) is 0 Å². The summed E-state index contributed by atoms with van der Waals surface area (Å²) in [6.07, 6.45) is 4.89. The van der Waals surface area contributed by atoms with E-state index in [0.29, 0.717) is 17.8 Å². The smallest absolute Gasteiger partial charge is 0.303 e. The Kier molecular flexibility index (Phi) is 3.57. The molecule has 2 heteroatoms. The lowest BCUT2D eigenvalue weighted by Crippen LogP contribution is -2.30. The van der Waals surface area contributed by atoms with Crippen LogP contribution in [0.25, 0.3) is 0 Å². The van der Waals surface area contributed by atoms with Crippen molar-refractivity contribution in [2.45, 2.75) is 52.9 Å². The van der Waals surface area contributed by atoms with Gasteiger partial charge >= 0.3 is 5.97 Å². The Morgan fingerprint density at radius 1 is 1.43 bits per heavy atom. The largest absolute Gasteiger partial charge is 0.481 e. The van der Waals surface area contributed by atoms with E-state index >= 15 is 0 Å². The zero-order valence-electron chi connectivity index (χ0n) is 9.55. The average Bonchev–Trinajstić information content (AvgIpc) is 2.07. The van der Waals surface area contributed by atoms with Crippen LogP contribution in [0.5, 0.6) is 0 Å². The maximum atomic E-state index is 10.5. The van der Waals surface area contributed by atoms with E-state index in [1.807, 2.05) is 0 Å². The molecule has 2 atom stereocenters. The van der Waals surface area contributed by atoms with Gasteiger partial charge in [-0.25, -0.2) is 0 Å². The number of carboxylic acids is 1. The highest BCUT2D eigenvalue weighted by Gasteiger charge is 2.33. The predicted octanol–water partition coefficient (Wildman–Crippen LogP) is 3.31. The molecule has 0 bridgehead atoms. The predicted molar refractivity (Wildman–Crippen MR) is 57.2 cm³/mol. The number of carboxylic acid groups (broad SMARTS) is 1. The van der Waals surface area contributed by atoms with Gasteiger partial charge in [0.05, 0.1) is 0 Å². The van der Waals surface area contributed by atoms with Crippen LogP contribution in [0.15, 0.2) is 0 Å². The summed E-state index contributed by atoms with van der Waals surface area (Å²) in [7, 11) is 0. The summed E-state index contributed by atoms with van der Waals surface area (Å²) in [5.41, 5.74) is 0.404. The molecule has 0 aromatic rings. The SMILES string of the molecule is C[C@H]1CC[C@@H](CCC(=O)O)CC1(C)C. The fourth-order valence-corrected chi connectivity index (χ4v) is 2.50. The summed E-state index contributed by atoms with van der Waals surface area (Å²) in [5.74, 6) is 0.766. The van der Waals surface area contributed by atoms with Crippen molar-refractivity contribution >= 4 is 5.97 Å². The first-order valence-corrected chi connectivity index (χ1v) is 5.63. The minimum Gasteiger partial charge on any atom is -0.481 e. The second-order valence-electron chi connectivity index (χ2n) is 5.47. The van der Waals surface area contributed by atoms with Crippen molar-refractivity contribution in [3.63, 3.8) is 0 Å². The zero-order chi connectivity index (χ0) is 10.8.